The minimum Gasteiger partial charge on any atom is -0.379 e. The Morgan fingerprint density at radius 3 is 3.05 bits per heavy atom. The van der Waals surface area contributed by atoms with Crippen LogP contribution in [0.3, 0.4) is 0 Å². The van der Waals surface area contributed by atoms with Crippen LogP contribution in [0.4, 0.5) is 5.82 Å². The van der Waals surface area contributed by atoms with Gasteiger partial charge in [0.25, 0.3) is 5.78 Å². The molecule has 1 aliphatic rings. The predicted molar refractivity (Wildman–Crippen MR) is 77.3 cm³/mol. The molecule has 7 heteroatoms. The fourth-order valence-electron chi connectivity index (χ4n) is 2.17. The Labute approximate surface area is 122 Å². The summed E-state index contributed by atoms with van der Waals surface area (Å²) in [6.45, 7) is 4.29. The summed E-state index contributed by atoms with van der Waals surface area (Å²) >= 11 is 6.15. The first-order valence-corrected chi connectivity index (χ1v) is 7.19. The number of aromatic nitrogens is 4. The van der Waals surface area contributed by atoms with Crippen LogP contribution >= 0.6 is 11.6 Å². The number of likely N-dealkylation sites (N-methyl/N-ethyl adjacent to an activating group) is 1. The second kappa shape index (κ2) is 5.54. The van der Waals surface area contributed by atoms with Gasteiger partial charge >= 0.3 is 0 Å². The van der Waals surface area contributed by atoms with E-state index < -0.39 is 0 Å². The molecule has 0 atom stereocenters. The number of nitrogens with zero attached hydrogens (tertiary/aromatic N) is 5. The number of hydrogen-bond donors (Lipinski definition) is 0. The van der Waals surface area contributed by atoms with E-state index >= 15 is 0 Å². The third-order valence-corrected chi connectivity index (χ3v) is 3.92. The Morgan fingerprint density at radius 1 is 1.50 bits per heavy atom. The van der Waals surface area contributed by atoms with E-state index in [0.717, 1.165) is 30.5 Å². The lowest BCUT2D eigenvalue weighted by Gasteiger charge is -2.22. The van der Waals surface area contributed by atoms with Crippen LogP contribution < -0.4 is 4.90 Å². The van der Waals surface area contributed by atoms with E-state index in [2.05, 4.69) is 20.0 Å². The Bertz CT molecular complexity index is 610. The van der Waals surface area contributed by atoms with Gasteiger partial charge in [0.05, 0.1) is 6.61 Å². The van der Waals surface area contributed by atoms with Gasteiger partial charge in [-0.3, -0.25) is 0 Å². The van der Waals surface area contributed by atoms with Gasteiger partial charge in [-0.25, -0.2) is 0 Å². The Kier molecular flexibility index (Phi) is 3.76. The molecule has 0 aromatic carbocycles. The lowest BCUT2D eigenvalue weighted by molar-refractivity contribution is 0.130. The van der Waals surface area contributed by atoms with Crippen molar-refractivity contribution in [3.63, 3.8) is 0 Å². The zero-order valence-corrected chi connectivity index (χ0v) is 12.5. The molecule has 2 heterocycles. The number of fused-ring (bicyclic) bond motifs is 1. The van der Waals surface area contributed by atoms with Crippen molar-refractivity contribution in [1.82, 2.24) is 19.6 Å². The third-order valence-electron chi connectivity index (χ3n) is 3.56. The van der Waals surface area contributed by atoms with E-state index in [-0.39, 0.29) is 0 Å². The molecule has 0 spiro atoms. The van der Waals surface area contributed by atoms with Gasteiger partial charge in [-0.05, 0) is 25.7 Å². The number of rotatable bonds is 6. The minimum atomic E-state index is 0.464. The molecule has 108 valence electrons. The summed E-state index contributed by atoms with van der Waals surface area (Å²) in [5.74, 6) is 2.22. The van der Waals surface area contributed by atoms with E-state index in [1.807, 2.05) is 14.0 Å². The van der Waals surface area contributed by atoms with E-state index in [0.29, 0.717) is 17.5 Å². The molecule has 1 aliphatic carbocycles. The summed E-state index contributed by atoms with van der Waals surface area (Å²) in [4.78, 5) is 10.4. The number of ether oxygens (including phenoxy) is 1. The van der Waals surface area contributed by atoms with Gasteiger partial charge in [0, 0.05) is 25.8 Å². The zero-order chi connectivity index (χ0) is 14.1. The molecule has 0 N–H and O–H groups in total. The Balaban J connectivity index is 1.73. The molecule has 0 bridgehead atoms. The molecule has 3 rings (SSSR count). The van der Waals surface area contributed by atoms with Crippen LogP contribution in [0.25, 0.3) is 5.78 Å². The fourth-order valence-corrected chi connectivity index (χ4v) is 2.33. The Hall–Kier alpha value is -1.40. The van der Waals surface area contributed by atoms with Gasteiger partial charge in [0.1, 0.15) is 17.3 Å². The highest BCUT2D eigenvalue weighted by atomic mass is 35.5. The molecular formula is C13H18ClN5O. The summed E-state index contributed by atoms with van der Waals surface area (Å²) in [6, 6.07) is 0. The first-order valence-electron chi connectivity index (χ1n) is 6.81. The average molecular weight is 296 g/mol. The van der Waals surface area contributed by atoms with Gasteiger partial charge < -0.3 is 9.64 Å². The van der Waals surface area contributed by atoms with Crippen molar-refractivity contribution in [3.8, 4) is 0 Å². The van der Waals surface area contributed by atoms with Gasteiger partial charge in [-0.15, -0.1) is 0 Å². The quantitative estimate of drug-likeness (QED) is 0.602. The molecule has 2 aromatic rings. The second-order valence-corrected chi connectivity index (χ2v) is 5.62. The van der Waals surface area contributed by atoms with Crippen molar-refractivity contribution in [2.75, 3.05) is 31.7 Å². The first-order chi connectivity index (χ1) is 9.66. The molecule has 0 radical (unpaired) electrons. The van der Waals surface area contributed by atoms with E-state index in [4.69, 9.17) is 16.3 Å². The topological polar surface area (TPSA) is 55.5 Å². The first kappa shape index (κ1) is 13.6. The normalized spacial score (nSPS) is 14.9. The molecule has 1 saturated carbocycles. The maximum absolute atomic E-state index is 6.15. The van der Waals surface area contributed by atoms with Gasteiger partial charge in [-0.2, -0.15) is 19.6 Å². The van der Waals surface area contributed by atoms with Crippen LogP contribution in [0, 0.1) is 12.8 Å². The predicted octanol–water partition coefficient (Wildman–Crippen LogP) is 1.95. The van der Waals surface area contributed by atoms with Crippen molar-refractivity contribution in [3.05, 3.63) is 17.0 Å². The smallest absolute Gasteiger partial charge is 0.255 e. The van der Waals surface area contributed by atoms with Crippen LogP contribution in [-0.2, 0) is 4.74 Å². The van der Waals surface area contributed by atoms with Crippen molar-refractivity contribution < 1.29 is 4.74 Å². The van der Waals surface area contributed by atoms with Crippen molar-refractivity contribution in [2.45, 2.75) is 19.8 Å². The molecule has 0 unspecified atom stereocenters. The molecule has 20 heavy (non-hydrogen) atoms. The summed E-state index contributed by atoms with van der Waals surface area (Å²) in [6.07, 6.45) is 4.11. The lowest BCUT2D eigenvalue weighted by Crippen LogP contribution is -2.26. The van der Waals surface area contributed by atoms with Crippen molar-refractivity contribution in [2.24, 2.45) is 5.92 Å². The highest BCUT2D eigenvalue weighted by Crippen LogP contribution is 2.29. The summed E-state index contributed by atoms with van der Waals surface area (Å²) in [5.41, 5.74) is 0.898. The maximum Gasteiger partial charge on any atom is 0.255 e. The SMILES string of the molecule is Cc1c(Cl)nc2ncnn2c1N(C)CCOCC1CC1. The van der Waals surface area contributed by atoms with Gasteiger partial charge in [0.15, 0.2) is 0 Å². The van der Waals surface area contributed by atoms with E-state index in [1.165, 1.54) is 19.2 Å². The van der Waals surface area contributed by atoms with Crippen LogP contribution in [-0.4, -0.2) is 46.4 Å². The van der Waals surface area contributed by atoms with E-state index in [1.54, 1.807) is 4.52 Å². The van der Waals surface area contributed by atoms with Crippen LogP contribution in [0.1, 0.15) is 18.4 Å². The second-order valence-electron chi connectivity index (χ2n) is 5.26. The molecular weight excluding hydrogens is 278 g/mol. The lowest BCUT2D eigenvalue weighted by atomic mass is 10.3. The molecule has 1 fully saturated rings. The minimum absolute atomic E-state index is 0.464. The van der Waals surface area contributed by atoms with Crippen molar-refractivity contribution in [1.29, 1.82) is 0 Å². The highest BCUT2D eigenvalue weighted by molar-refractivity contribution is 6.30. The zero-order valence-electron chi connectivity index (χ0n) is 11.7. The Morgan fingerprint density at radius 2 is 2.30 bits per heavy atom. The monoisotopic (exact) mass is 295 g/mol. The highest BCUT2D eigenvalue weighted by Gasteiger charge is 2.21. The van der Waals surface area contributed by atoms with Crippen LogP contribution in [0.15, 0.2) is 6.33 Å². The summed E-state index contributed by atoms with van der Waals surface area (Å²) in [7, 11) is 2.00. The molecule has 2 aromatic heterocycles. The van der Waals surface area contributed by atoms with Crippen LogP contribution in [0.2, 0.25) is 5.15 Å². The maximum atomic E-state index is 6.15. The standard InChI is InChI=1S/C13H18ClN5O/c1-9-11(14)17-13-15-8-16-19(13)12(9)18(2)5-6-20-7-10-3-4-10/h8,10H,3-7H2,1-2H3. The molecule has 0 saturated heterocycles. The van der Waals surface area contributed by atoms with E-state index in [9.17, 15) is 0 Å². The molecule has 0 amide bonds. The third kappa shape index (κ3) is 2.71. The molecule has 0 aliphatic heterocycles. The van der Waals surface area contributed by atoms with Gasteiger partial charge in [0.2, 0.25) is 0 Å². The largest absolute Gasteiger partial charge is 0.379 e. The summed E-state index contributed by atoms with van der Waals surface area (Å²) < 4.78 is 7.39. The molecule has 6 nitrogen and oxygen atoms in total. The number of halogens is 1. The van der Waals surface area contributed by atoms with Crippen molar-refractivity contribution >= 4 is 23.2 Å². The summed E-state index contributed by atoms with van der Waals surface area (Å²) in [5, 5.41) is 4.67. The number of anilines is 1. The van der Waals surface area contributed by atoms with Gasteiger partial charge in [-0.1, -0.05) is 11.6 Å². The number of hydrogen-bond acceptors (Lipinski definition) is 5. The fraction of sp³-hybridized carbons (Fsp3) is 0.615. The van der Waals surface area contributed by atoms with Crippen LogP contribution in [0.5, 0.6) is 0 Å². The average Bonchev–Trinajstić information content (AvgIpc) is 3.14.